The Morgan fingerprint density at radius 1 is 1.36 bits per heavy atom. The molecule has 1 aromatic heterocycles. The summed E-state index contributed by atoms with van der Waals surface area (Å²) in [6, 6.07) is 0. The van der Waals surface area contributed by atoms with Crippen molar-refractivity contribution in [2.45, 2.75) is 44.9 Å². The van der Waals surface area contributed by atoms with Crippen LogP contribution in [0.3, 0.4) is 0 Å². The predicted molar refractivity (Wildman–Crippen MR) is 76.1 cm³/mol. The fourth-order valence-corrected chi connectivity index (χ4v) is 2.92. The summed E-state index contributed by atoms with van der Waals surface area (Å²) in [7, 11) is 0. The lowest BCUT2D eigenvalue weighted by Crippen LogP contribution is -2.29. The highest BCUT2D eigenvalue weighted by atomic mass is 16.5. The first-order valence-electron chi connectivity index (χ1n) is 7.87. The molecule has 120 valence electrons. The number of carbonyl (C=O) groups excluding carboxylic acids is 1. The van der Waals surface area contributed by atoms with Gasteiger partial charge in [-0.25, -0.2) is 0 Å². The van der Waals surface area contributed by atoms with Crippen molar-refractivity contribution in [2.24, 2.45) is 11.8 Å². The smallest absolute Gasteiger partial charge is 0.308 e. The van der Waals surface area contributed by atoms with Gasteiger partial charge in [-0.1, -0.05) is 12.1 Å². The Kier molecular flexibility index (Phi) is 4.13. The average molecular weight is 307 g/mol. The second-order valence-corrected chi connectivity index (χ2v) is 6.39. The maximum absolute atomic E-state index is 12.1. The maximum Gasteiger partial charge on any atom is 0.308 e. The Hall–Kier alpha value is -1.92. The minimum absolute atomic E-state index is 0.0116. The van der Waals surface area contributed by atoms with Crippen LogP contribution in [0.2, 0.25) is 0 Å². The number of carboxylic acid groups (broad SMARTS) is 1. The zero-order chi connectivity index (χ0) is 15.7. The molecule has 0 unspecified atom stereocenters. The maximum atomic E-state index is 12.1. The SMILES string of the molecule is C[C@@H]1CN(C(=O)CCCc2nc(C3CC3)no2)C[C@H]1C(=O)O. The van der Waals surface area contributed by atoms with Crippen LogP contribution in [0.15, 0.2) is 4.52 Å². The molecule has 2 aliphatic rings. The van der Waals surface area contributed by atoms with E-state index in [1.54, 1.807) is 4.90 Å². The van der Waals surface area contributed by atoms with Crippen molar-refractivity contribution in [3.8, 4) is 0 Å². The fourth-order valence-electron chi connectivity index (χ4n) is 2.92. The second kappa shape index (κ2) is 6.06. The molecule has 1 aliphatic carbocycles. The molecule has 1 saturated heterocycles. The zero-order valence-electron chi connectivity index (χ0n) is 12.7. The normalized spacial score (nSPS) is 24.7. The number of aryl methyl sites for hydroxylation is 1. The Bertz CT molecular complexity index is 567. The van der Waals surface area contributed by atoms with Gasteiger partial charge in [0.2, 0.25) is 11.8 Å². The molecule has 0 bridgehead atoms. The molecule has 1 amide bonds. The lowest BCUT2D eigenvalue weighted by Gasteiger charge is -2.15. The molecule has 2 atom stereocenters. The van der Waals surface area contributed by atoms with Crippen molar-refractivity contribution in [2.75, 3.05) is 13.1 Å². The van der Waals surface area contributed by atoms with Gasteiger partial charge in [0, 0.05) is 31.8 Å². The van der Waals surface area contributed by atoms with E-state index in [1.807, 2.05) is 6.92 Å². The summed E-state index contributed by atoms with van der Waals surface area (Å²) in [5.74, 6) is 0.614. The summed E-state index contributed by atoms with van der Waals surface area (Å²) in [6.07, 6.45) is 3.90. The van der Waals surface area contributed by atoms with Crippen molar-refractivity contribution in [3.05, 3.63) is 11.7 Å². The van der Waals surface area contributed by atoms with E-state index in [0.29, 0.717) is 44.2 Å². The molecule has 1 saturated carbocycles. The fraction of sp³-hybridized carbons (Fsp3) is 0.733. The molecule has 1 N–H and O–H groups in total. The van der Waals surface area contributed by atoms with Crippen LogP contribution in [-0.2, 0) is 16.0 Å². The number of aromatic nitrogens is 2. The van der Waals surface area contributed by atoms with E-state index in [1.165, 1.54) is 0 Å². The van der Waals surface area contributed by atoms with Crippen LogP contribution >= 0.6 is 0 Å². The van der Waals surface area contributed by atoms with Gasteiger partial charge < -0.3 is 14.5 Å². The molecule has 1 aromatic rings. The minimum atomic E-state index is -0.818. The minimum Gasteiger partial charge on any atom is -0.481 e. The number of nitrogens with zero attached hydrogens (tertiary/aromatic N) is 3. The van der Waals surface area contributed by atoms with Crippen molar-refractivity contribution in [3.63, 3.8) is 0 Å². The Morgan fingerprint density at radius 2 is 2.14 bits per heavy atom. The largest absolute Gasteiger partial charge is 0.481 e. The van der Waals surface area contributed by atoms with E-state index in [0.717, 1.165) is 18.7 Å². The number of carbonyl (C=O) groups is 2. The first-order chi connectivity index (χ1) is 10.5. The topological polar surface area (TPSA) is 96.5 Å². The summed E-state index contributed by atoms with van der Waals surface area (Å²) in [5, 5.41) is 13.0. The summed E-state index contributed by atoms with van der Waals surface area (Å²) in [4.78, 5) is 29.2. The number of rotatable bonds is 6. The highest BCUT2D eigenvalue weighted by Crippen LogP contribution is 2.38. The first kappa shape index (κ1) is 15.0. The van der Waals surface area contributed by atoms with E-state index < -0.39 is 11.9 Å². The third kappa shape index (κ3) is 3.28. The molecule has 2 heterocycles. The van der Waals surface area contributed by atoms with Crippen molar-refractivity contribution < 1.29 is 19.2 Å². The van der Waals surface area contributed by atoms with Gasteiger partial charge in [-0.2, -0.15) is 4.98 Å². The molecule has 0 spiro atoms. The van der Waals surface area contributed by atoms with Crippen LogP contribution in [0.25, 0.3) is 0 Å². The molecular weight excluding hydrogens is 286 g/mol. The standard InChI is InChI=1S/C15H21N3O4/c1-9-7-18(8-11(9)15(20)21)13(19)4-2-3-12-16-14(17-22-12)10-5-6-10/h9-11H,2-8H2,1H3,(H,20,21)/t9-,11-/m1/s1. The van der Waals surface area contributed by atoms with Crippen LogP contribution in [0.5, 0.6) is 0 Å². The number of amides is 1. The average Bonchev–Trinajstić information content (AvgIpc) is 3.08. The Labute approximate surface area is 128 Å². The molecule has 0 radical (unpaired) electrons. The summed E-state index contributed by atoms with van der Waals surface area (Å²) < 4.78 is 5.18. The van der Waals surface area contributed by atoms with Crippen LogP contribution in [0.4, 0.5) is 0 Å². The third-order valence-electron chi connectivity index (χ3n) is 4.49. The first-order valence-corrected chi connectivity index (χ1v) is 7.87. The lowest BCUT2D eigenvalue weighted by atomic mass is 9.99. The van der Waals surface area contributed by atoms with Gasteiger partial charge in [0.15, 0.2) is 5.82 Å². The van der Waals surface area contributed by atoms with Crippen LogP contribution < -0.4 is 0 Å². The Balaban J connectivity index is 1.43. The number of aliphatic carboxylic acids is 1. The highest BCUT2D eigenvalue weighted by Gasteiger charge is 2.36. The van der Waals surface area contributed by atoms with Crippen LogP contribution in [-0.4, -0.2) is 45.1 Å². The predicted octanol–water partition coefficient (Wildman–Crippen LogP) is 1.45. The molecule has 7 nitrogen and oxygen atoms in total. The van der Waals surface area contributed by atoms with E-state index >= 15 is 0 Å². The van der Waals surface area contributed by atoms with E-state index in [4.69, 9.17) is 9.63 Å². The monoisotopic (exact) mass is 307 g/mol. The molecular formula is C15H21N3O4. The van der Waals surface area contributed by atoms with Crippen LogP contribution in [0, 0.1) is 11.8 Å². The molecule has 2 fully saturated rings. The number of hydrogen-bond donors (Lipinski definition) is 1. The van der Waals surface area contributed by atoms with E-state index in [9.17, 15) is 9.59 Å². The van der Waals surface area contributed by atoms with Crippen molar-refractivity contribution in [1.29, 1.82) is 0 Å². The molecule has 1 aliphatic heterocycles. The molecule has 22 heavy (non-hydrogen) atoms. The molecule has 7 heteroatoms. The lowest BCUT2D eigenvalue weighted by molar-refractivity contribution is -0.142. The summed E-state index contributed by atoms with van der Waals surface area (Å²) >= 11 is 0. The number of likely N-dealkylation sites (tertiary alicyclic amines) is 1. The molecule has 3 rings (SSSR count). The number of carboxylic acids is 1. The molecule has 0 aromatic carbocycles. The van der Waals surface area contributed by atoms with Gasteiger partial charge in [-0.3, -0.25) is 9.59 Å². The van der Waals surface area contributed by atoms with Gasteiger partial charge >= 0.3 is 5.97 Å². The van der Waals surface area contributed by atoms with Gasteiger partial charge in [0.25, 0.3) is 0 Å². The number of hydrogen-bond acceptors (Lipinski definition) is 5. The van der Waals surface area contributed by atoms with Gasteiger partial charge in [-0.05, 0) is 25.2 Å². The van der Waals surface area contributed by atoms with Gasteiger partial charge in [0.05, 0.1) is 5.92 Å². The highest BCUT2D eigenvalue weighted by molar-refractivity contribution is 5.78. The summed E-state index contributed by atoms with van der Waals surface area (Å²) in [5.41, 5.74) is 0. The van der Waals surface area contributed by atoms with E-state index in [2.05, 4.69) is 10.1 Å². The zero-order valence-corrected chi connectivity index (χ0v) is 12.7. The van der Waals surface area contributed by atoms with Gasteiger partial charge in [-0.15, -0.1) is 0 Å². The van der Waals surface area contributed by atoms with E-state index in [-0.39, 0.29) is 11.8 Å². The Morgan fingerprint density at radius 3 is 2.77 bits per heavy atom. The quantitative estimate of drug-likeness (QED) is 0.854. The van der Waals surface area contributed by atoms with Crippen LogP contribution in [0.1, 0.15) is 50.2 Å². The van der Waals surface area contributed by atoms with Crippen molar-refractivity contribution >= 4 is 11.9 Å². The second-order valence-electron chi connectivity index (χ2n) is 6.39. The third-order valence-corrected chi connectivity index (χ3v) is 4.49. The van der Waals surface area contributed by atoms with Gasteiger partial charge in [0.1, 0.15) is 0 Å². The summed E-state index contributed by atoms with van der Waals surface area (Å²) in [6.45, 7) is 2.73. The van der Waals surface area contributed by atoms with Crippen molar-refractivity contribution in [1.82, 2.24) is 15.0 Å².